The van der Waals surface area contributed by atoms with Crippen molar-refractivity contribution in [3.63, 3.8) is 0 Å². The highest BCUT2D eigenvalue weighted by atomic mass is 16.3. The van der Waals surface area contributed by atoms with Crippen molar-refractivity contribution in [2.24, 2.45) is 0 Å². The lowest BCUT2D eigenvalue weighted by molar-refractivity contribution is 0.0611. The van der Waals surface area contributed by atoms with Crippen LogP contribution in [0.25, 0.3) is 0 Å². The Morgan fingerprint density at radius 1 is 1.47 bits per heavy atom. The number of likely N-dealkylation sites (N-methyl/N-ethyl adjacent to an activating group) is 2. The number of hydrogen-bond donors (Lipinski definition) is 1. The predicted molar refractivity (Wildman–Crippen MR) is 62.6 cm³/mol. The van der Waals surface area contributed by atoms with Crippen LogP contribution in [0.2, 0.25) is 0 Å². The first-order chi connectivity index (χ1) is 7.13. The number of aliphatic hydroxyl groups excluding tert-OH is 1. The Morgan fingerprint density at radius 3 is 2.87 bits per heavy atom. The fourth-order valence-corrected chi connectivity index (χ4v) is 2.04. The fourth-order valence-electron chi connectivity index (χ4n) is 2.04. The molecule has 3 heteroatoms. The van der Waals surface area contributed by atoms with E-state index >= 15 is 0 Å². The van der Waals surface area contributed by atoms with E-state index in [1.54, 1.807) is 0 Å². The predicted octanol–water partition coefficient (Wildman–Crippen LogP) is 0.397. The summed E-state index contributed by atoms with van der Waals surface area (Å²) in [5.74, 6) is 2.57. The minimum absolute atomic E-state index is 0.250. The van der Waals surface area contributed by atoms with Crippen molar-refractivity contribution in [2.75, 3.05) is 33.7 Å². The zero-order chi connectivity index (χ0) is 11.3. The first-order valence-electron chi connectivity index (χ1n) is 5.63. The molecular formula is C12H22N2O. The molecule has 1 heterocycles. The molecule has 0 spiro atoms. The summed E-state index contributed by atoms with van der Waals surface area (Å²) in [6.45, 7) is 3.25. The highest BCUT2D eigenvalue weighted by Crippen LogP contribution is 2.13. The van der Waals surface area contributed by atoms with Gasteiger partial charge in [-0.2, -0.15) is 0 Å². The highest BCUT2D eigenvalue weighted by molar-refractivity contribution is 4.86. The van der Waals surface area contributed by atoms with Gasteiger partial charge in [-0.1, -0.05) is 0 Å². The van der Waals surface area contributed by atoms with Gasteiger partial charge in [0, 0.05) is 32.1 Å². The van der Waals surface area contributed by atoms with Crippen LogP contribution in [-0.2, 0) is 0 Å². The first kappa shape index (κ1) is 12.5. The summed E-state index contributed by atoms with van der Waals surface area (Å²) in [5.41, 5.74) is 0. The molecule has 2 unspecified atom stereocenters. The summed E-state index contributed by atoms with van der Waals surface area (Å²) in [7, 11) is 4.26. The summed E-state index contributed by atoms with van der Waals surface area (Å²) < 4.78 is 0. The van der Waals surface area contributed by atoms with Gasteiger partial charge in [0.1, 0.15) is 0 Å². The van der Waals surface area contributed by atoms with Gasteiger partial charge in [0.05, 0.1) is 6.10 Å². The summed E-state index contributed by atoms with van der Waals surface area (Å²) in [4.78, 5) is 4.65. The lowest BCUT2D eigenvalue weighted by Crippen LogP contribution is -2.50. The van der Waals surface area contributed by atoms with Gasteiger partial charge in [-0.05, 0) is 26.9 Å². The number of piperazine rings is 1. The zero-order valence-corrected chi connectivity index (χ0v) is 9.82. The third-order valence-electron chi connectivity index (χ3n) is 3.15. The summed E-state index contributed by atoms with van der Waals surface area (Å²) >= 11 is 0. The van der Waals surface area contributed by atoms with Crippen LogP contribution >= 0.6 is 0 Å². The van der Waals surface area contributed by atoms with Crippen LogP contribution in [-0.4, -0.2) is 60.8 Å². The van der Waals surface area contributed by atoms with Crippen molar-refractivity contribution >= 4 is 0 Å². The van der Waals surface area contributed by atoms with E-state index in [2.05, 4.69) is 29.8 Å². The average molecular weight is 210 g/mol. The lowest BCUT2D eigenvalue weighted by atomic mass is 10.0. The fraction of sp³-hybridized carbons (Fsp3) is 0.833. The molecule has 0 aromatic heterocycles. The third kappa shape index (κ3) is 4.21. The molecule has 3 nitrogen and oxygen atoms in total. The van der Waals surface area contributed by atoms with Crippen LogP contribution in [0.5, 0.6) is 0 Å². The maximum Gasteiger partial charge on any atom is 0.0564 e. The molecule has 0 aromatic carbocycles. The molecule has 1 fully saturated rings. The number of nitrogens with zero attached hydrogens (tertiary/aromatic N) is 2. The van der Waals surface area contributed by atoms with Gasteiger partial charge in [-0.15, -0.1) is 12.3 Å². The Bertz CT molecular complexity index is 224. The topological polar surface area (TPSA) is 26.7 Å². The van der Waals surface area contributed by atoms with E-state index in [1.807, 2.05) is 0 Å². The standard InChI is InChI=1S/C12H22N2O/c1-4-5-6-12(15)9-11-10-13(2)7-8-14(11)3/h1,11-12,15H,5-10H2,2-3H3. The van der Waals surface area contributed by atoms with Crippen molar-refractivity contribution < 1.29 is 5.11 Å². The summed E-state index contributed by atoms with van der Waals surface area (Å²) in [6, 6.07) is 0.469. The van der Waals surface area contributed by atoms with Gasteiger partial charge in [0.25, 0.3) is 0 Å². The van der Waals surface area contributed by atoms with E-state index in [4.69, 9.17) is 6.42 Å². The molecule has 1 rings (SSSR count). The van der Waals surface area contributed by atoms with Crippen LogP contribution in [0.15, 0.2) is 0 Å². The van der Waals surface area contributed by atoms with E-state index in [0.717, 1.165) is 32.5 Å². The zero-order valence-electron chi connectivity index (χ0n) is 9.82. The second-order valence-electron chi connectivity index (χ2n) is 4.53. The summed E-state index contributed by atoms with van der Waals surface area (Å²) in [6.07, 6.45) is 7.17. The molecule has 0 bridgehead atoms. The van der Waals surface area contributed by atoms with E-state index in [0.29, 0.717) is 12.5 Å². The van der Waals surface area contributed by atoms with Crippen molar-refractivity contribution in [1.29, 1.82) is 0 Å². The summed E-state index contributed by atoms with van der Waals surface area (Å²) in [5, 5.41) is 9.80. The van der Waals surface area contributed by atoms with Gasteiger partial charge in [0.2, 0.25) is 0 Å². The van der Waals surface area contributed by atoms with Gasteiger partial charge < -0.3 is 14.9 Å². The van der Waals surface area contributed by atoms with Gasteiger partial charge in [-0.25, -0.2) is 0 Å². The largest absolute Gasteiger partial charge is 0.393 e. The number of rotatable bonds is 4. The Morgan fingerprint density at radius 2 is 2.20 bits per heavy atom. The van der Waals surface area contributed by atoms with Crippen molar-refractivity contribution in [3.8, 4) is 12.3 Å². The van der Waals surface area contributed by atoms with Crippen LogP contribution in [0.1, 0.15) is 19.3 Å². The molecule has 2 atom stereocenters. The maximum absolute atomic E-state index is 9.80. The normalized spacial score (nSPS) is 26.1. The van der Waals surface area contributed by atoms with Crippen LogP contribution in [0.3, 0.4) is 0 Å². The molecule has 15 heavy (non-hydrogen) atoms. The molecule has 0 amide bonds. The quantitative estimate of drug-likeness (QED) is 0.680. The molecule has 1 saturated heterocycles. The van der Waals surface area contributed by atoms with E-state index < -0.39 is 0 Å². The van der Waals surface area contributed by atoms with Gasteiger partial charge >= 0.3 is 0 Å². The van der Waals surface area contributed by atoms with E-state index in [9.17, 15) is 5.11 Å². The Hall–Kier alpha value is -0.560. The number of aliphatic hydroxyl groups is 1. The number of terminal acetylenes is 1. The SMILES string of the molecule is C#CCCC(O)CC1CN(C)CCN1C. The lowest BCUT2D eigenvalue weighted by Gasteiger charge is -2.38. The first-order valence-corrected chi connectivity index (χ1v) is 5.63. The van der Waals surface area contributed by atoms with Crippen molar-refractivity contribution in [3.05, 3.63) is 0 Å². The minimum Gasteiger partial charge on any atom is -0.393 e. The molecule has 1 aliphatic heterocycles. The molecule has 1 aliphatic rings. The van der Waals surface area contributed by atoms with Crippen LogP contribution < -0.4 is 0 Å². The third-order valence-corrected chi connectivity index (χ3v) is 3.15. The molecule has 0 aromatic rings. The molecule has 0 radical (unpaired) electrons. The minimum atomic E-state index is -0.250. The van der Waals surface area contributed by atoms with Gasteiger partial charge in [-0.3, -0.25) is 0 Å². The second-order valence-corrected chi connectivity index (χ2v) is 4.53. The van der Waals surface area contributed by atoms with Crippen molar-refractivity contribution in [2.45, 2.75) is 31.4 Å². The molecule has 0 aliphatic carbocycles. The van der Waals surface area contributed by atoms with Crippen LogP contribution in [0, 0.1) is 12.3 Å². The van der Waals surface area contributed by atoms with Gasteiger partial charge in [0.15, 0.2) is 0 Å². The Kier molecular flexibility index (Phi) is 5.10. The Balaban J connectivity index is 2.32. The second kappa shape index (κ2) is 6.12. The van der Waals surface area contributed by atoms with Crippen LogP contribution in [0.4, 0.5) is 0 Å². The monoisotopic (exact) mass is 210 g/mol. The van der Waals surface area contributed by atoms with E-state index in [1.165, 1.54) is 0 Å². The van der Waals surface area contributed by atoms with E-state index in [-0.39, 0.29) is 6.10 Å². The Labute approximate surface area is 93.1 Å². The molecular weight excluding hydrogens is 188 g/mol. The molecule has 86 valence electrons. The highest BCUT2D eigenvalue weighted by Gasteiger charge is 2.24. The molecule has 0 saturated carbocycles. The number of hydrogen-bond acceptors (Lipinski definition) is 3. The average Bonchev–Trinajstić information content (AvgIpc) is 2.20. The van der Waals surface area contributed by atoms with Crippen molar-refractivity contribution in [1.82, 2.24) is 9.80 Å². The maximum atomic E-state index is 9.80. The molecule has 1 N–H and O–H groups in total. The smallest absolute Gasteiger partial charge is 0.0564 e.